The second-order valence-corrected chi connectivity index (χ2v) is 5.45. The molecule has 0 heterocycles. The van der Waals surface area contributed by atoms with Crippen molar-refractivity contribution >= 4 is 11.6 Å². The molecule has 1 N–H and O–H groups in total. The fourth-order valence-corrected chi connectivity index (χ4v) is 3.15. The van der Waals surface area contributed by atoms with Crippen molar-refractivity contribution in [3.05, 3.63) is 34.9 Å². The topological polar surface area (TPSA) is 12.0 Å². The summed E-state index contributed by atoms with van der Waals surface area (Å²) in [5.41, 5.74) is 1.41. The molecule has 0 aliphatic heterocycles. The fourth-order valence-electron chi connectivity index (χ4n) is 2.95. The van der Waals surface area contributed by atoms with Gasteiger partial charge in [0.25, 0.3) is 0 Å². The lowest BCUT2D eigenvalue weighted by Gasteiger charge is -2.24. The molecule has 0 saturated heterocycles. The number of hydrogen-bond donors (Lipinski definition) is 1. The van der Waals surface area contributed by atoms with Gasteiger partial charge in [-0.2, -0.15) is 0 Å². The average Bonchev–Trinajstić information content (AvgIpc) is 2.83. The highest BCUT2D eigenvalue weighted by atomic mass is 35.5. The van der Waals surface area contributed by atoms with Crippen LogP contribution in [0.25, 0.3) is 0 Å². The molecule has 1 aliphatic rings. The van der Waals surface area contributed by atoms with Crippen LogP contribution in [0.15, 0.2) is 24.3 Å². The van der Waals surface area contributed by atoms with Crippen LogP contribution in [0.3, 0.4) is 0 Å². The molecule has 1 unspecified atom stereocenters. The van der Waals surface area contributed by atoms with Crippen LogP contribution in [-0.2, 0) is 0 Å². The molecular formula is C15H22ClN. The summed E-state index contributed by atoms with van der Waals surface area (Å²) in [6.45, 7) is 4.30. The van der Waals surface area contributed by atoms with Gasteiger partial charge in [-0.05, 0) is 48.9 Å². The van der Waals surface area contributed by atoms with Gasteiger partial charge in [-0.1, -0.05) is 43.5 Å². The minimum Gasteiger partial charge on any atom is -0.316 e. The highest BCUT2D eigenvalue weighted by molar-refractivity contribution is 6.30. The minimum absolute atomic E-state index is 0.635. The van der Waals surface area contributed by atoms with Crippen LogP contribution >= 0.6 is 11.6 Å². The average molecular weight is 252 g/mol. The Kier molecular flexibility index (Phi) is 4.87. The van der Waals surface area contributed by atoms with Crippen molar-refractivity contribution in [2.75, 3.05) is 13.1 Å². The molecule has 94 valence electrons. The molecule has 1 atom stereocenters. The van der Waals surface area contributed by atoms with Crippen LogP contribution in [-0.4, -0.2) is 13.1 Å². The fraction of sp³-hybridized carbons (Fsp3) is 0.600. The van der Waals surface area contributed by atoms with E-state index in [1.165, 1.54) is 31.2 Å². The molecule has 2 rings (SSSR count). The van der Waals surface area contributed by atoms with Crippen LogP contribution in [0.2, 0.25) is 5.02 Å². The van der Waals surface area contributed by atoms with E-state index in [0.717, 1.165) is 24.0 Å². The summed E-state index contributed by atoms with van der Waals surface area (Å²) in [7, 11) is 0. The number of halogens is 1. The SMILES string of the molecule is CCNCC(c1cccc(Cl)c1)C1CCCC1. The van der Waals surface area contributed by atoms with E-state index in [0.29, 0.717) is 5.92 Å². The largest absolute Gasteiger partial charge is 0.316 e. The molecular weight excluding hydrogens is 230 g/mol. The summed E-state index contributed by atoms with van der Waals surface area (Å²) in [6, 6.07) is 8.41. The first-order valence-electron chi connectivity index (χ1n) is 6.77. The highest BCUT2D eigenvalue weighted by Crippen LogP contribution is 2.37. The summed E-state index contributed by atoms with van der Waals surface area (Å²) < 4.78 is 0. The summed E-state index contributed by atoms with van der Waals surface area (Å²) in [4.78, 5) is 0. The van der Waals surface area contributed by atoms with Gasteiger partial charge in [-0.3, -0.25) is 0 Å². The van der Waals surface area contributed by atoms with Crippen molar-refractivity contribution in [3.8, 4) is 0 Å². The van der Waals surface area contributed by atoms with Crippen molar-refractivity contribution in [2.45, 2.75) is 38.5 Å². The zero-order valence-corrected chi connectivity index (χ0v) is 11.3. The van der Waals surface area contributed by atoms with Crippen LogP contribution < -0.4 is 5.32 Å². The third-order valence-electron chi connectivity index (χ3n) is 3.86. The van der Waals surface area contributed by atoms with Gasteiger partial charge < -0.3 is 5.32 Å². The van der Waals surface area contributed by atoms with Gasteiger partial charge in [0, 0.05) is 11.6 Å². The predicted octanol–water partition coefficient (Wildman–Crippen LogP) is 4.22. The summed E-state index contributed by atoms with van der Waals surface area (Å²) in [5.74, 6) is 1.48. The summed E-state index contributed by atoms with van der Waals surface area (Å²) in [6.07, 6.45) is 5.55. The van der Waals surface area contributed by atoms with Gasteiger partial charge >= 0.3 is 0 Å². The molecule has 0 amide bonds. The molecule has 1 saturated carbocycles. The first kappa shape index (κ1) is 12.9. The molecule has 0 radical (unpaired) electrons. The molecule has 17 heavy (non-hydrogen) atoms. The first-order chi connectivity index (χ1) is 8.31. The monoisotopic (exact) mass is 251 g/mol. The van der Waals surface area contributed by atoms with E-state index in [4.69, 9.17) is 11.6 Å². The number of nitrogens with one attached hydrogen (secondary N) is 1. The van der Waals surface area contributed by atoms with Crippen LogP contribution in [0.1, 0.15) is 44.1 Å². The normalized spacial score (nSPS) is 18.5. The lowest BCUT2D eigenvalue weighted by atomic mass is 9.85. The quantitative estimate of drug-likeness (QED) is 0.826. The van der Waals surface area contributed by atoms with E-state index in [9.17, 15) is 0 Å². The van der Waals surface area contributed by atoms with Crippen LogP contribution in [0.5, 0.6) is 0 Å². The highest BCUT2D eigenvalue weighted by Gasteiger charge is 2.25. The van der Waals surface area contributed by atoms with Gasteiger partial charge in [-0.25, -0.2) is 0 Å². The van der Waals surface area contributed by atoms with E-state index in [2.05, 4.69) is 30.4 Å². The van der Waals surface area contributed by atoms with Crippen LogP contribution in [0, 0.1) is 5.92 Å². The van der Waals surface area contributed by atoms with Crippen molar-refractivity contribution in [1.82, 2.24) is 5.32 Å². The molecule has 0 bridgehead atoms. The zero-order valence-electron chi connectivity index (χ0n) is 10.6. The Hall–Kier alpha value is -0.530. The predicted molar refractivity (Wildman–Crippen MR) is 74.7 cm³/mol. The number of hydrogen-bond acceptors (Lipinski definition) is 1. The zero-order chi connectivity index (χ0) is 12.1. The van der Waals surface area contributed by atoms with Crippen LogP contribution in [0.4, 0.5) is 0 Å². The molecule has 1 aromatic carbocycles. The Balaban J connectivity index is 2.13. The third kappa shape index (κ3) is 3.46. The molecule has 2 heteroatoms. The molecule has 1 aromatic rings. The Morgan fingerprint density at radius 3 is 2.76 bits per heavy atom. The molecule has 0 aromatic heterocycles. The third-order valence-corrected chi connectivity index (χ3v) is 4.10. The number of likely N-dealkylation sites (N-methyl/N-ethyl adjacent to an activating group) is 1. The second-order valence-electron chi connectivity index (χ2n) is 5.01. The minimum atomic E-state index is 0.635. The Morgan fingerprint density at radius 1 is 1.35 bits per heavy atom. The number of benzene rings is 1. The Labute approximate surface area is 110 Å². The van der Waals surface area contributed by atoms with Crippen molar-refractivity contribution in [3.63, 3.8) is 0 Å². The smallest absolute Gasteiger partial charge is 0.0408 e. The Morgan fingerprint density at radius 2 is 2.12 bits per heavy atom. The molecule has 0 spiro atoms. The van der Waals surface area contributed by atoms with Crippen molar-refractivity contribution in [1.29, 1.82) is 0 Å². The van der Waals surface area contributed by atoms with Gasteiger partial charge in [0.15, 0.2) is 0 Å². The lowest BCUT2D eigenvalue weighted by molar-refractivity contribution is 0.414. The van der Waals surface area contributed by atoms with E-state index >= 15 is 0 Å². The lowest BCUT2D eigenvalue weighted by Crippen LogP contribution is -2.25. The van der Waals surface area contributed by atoms with Gasteiger partial charge in [0.1, 0.15) is 0 Å². The van der Waals surface area contributed by atoms with E-state index in [-0.39, 0.29) is 0 Å². The molecule has 1 aliphatic carbocycles. The van der Waals surface area contributed by atoms with Crippen molar-refractivity contribution in [2.24, 2.45) is 5.92 Å². The molecule has 1 nitrogen and oxygen atoms in total. The Bertz CT molecular complexity index is 345. The van der Waals surface area contributed by atoms with Gasteiger partial charge in [0.2, 0.25) is 0 Å². The maximum absolute atomic E-state index is 6.11. The maximum Gasteiger partial charge on any atom is 0.0408 e. The standard InChI is InChI=1S/C15H22ClN/c1-2-17-11-15(12-6-3-4-7-12)13-8-5-9-14(16)10-13/h5,8-10,12,15,17H,2-4,6-7,11H2,1H3. The first-order valence-corrected chi connectivity index (χ1v) is 7.15. The van der Waals surface area contributed by atoms with Gasteiger partial charge in [0.05, 0.1) is 0 Å². The van der Waals surface area contributed by atoms with E-state index < -0.39 is 0 Å². The summed E-state index contributed by atoms with van der Waals surface area (Å²) >= 11 is 6.11. The van der Waals surface area contributed by atoms with Gasteiger partial charge in [-0.15, -0.1) is 0 Å². The van der Waals surface area contributed by atoms with E-state index in [1.807, 2.05) is 6.07 Å². The number of rotatable bonds is 5. The summed E-state index contributed by atoms with van der Waals surface area (Å²) in [5, 5.41) is 4.36. The van der Waals surface area contributed by atoms with Crippen molar-refractivity contribution < 1.29 is 0 Å². The van der Waals surface area contributed by atoms with E-state index in [1.54, 1.807) is 0 Å². The molecule has 1 fully saturated rings. The second kappa shape index (κ2) is 6.42. The maximum atomic E-state index is 6.11.